The van der Waals surface area contributed by atoms with E-state index in [2.05, 4.69) is 5.32 Å². The average Bonchev–Trinajstić information content (AvgIpc) is 2.48. The van der Waals surface area contributed by atoms with Crippen LogP contribution in [0.4, 0.5) is 0 Å². The van der Waals surface area contributed by atoms with Gasteiger partial charge in [-0.05, 0) is 33.0 Å². The molecule has 0 fully saturated rings. The largest absolute Gasteiger partial charge is 0.497 e. The van der Waals surface area contributed by atoms with E-state index in [4.69, 9.17) is 18.9 Å². The molecule has 0 aromatic heterocycles. The van der Waals surface area contributed by atoms with Crippen LogP contribution in [0.25, 0.3) is 0 Å². The number of rotatable bonds is 9. The van der Waals surface area contributed by atoms with Crippen molar-refractivity contribution >= 4 is 0 Å². The molecule has 0 bridgehead atoms. The van der Waals surface area contributed by atoms with Gasteiger partial charge in [0.2, 0.25) is 0 Å². The zero-order valence-corrected chi connectivity index (χ0v) is 12.9. The molecule has 5 nitrogen and oxygen atoms in total. The lowest BCUT2D eigenvalue weighted by atomic mass is 10.0. The molecule has 5 heteroatoms. The highest BCUT2D eigenvalue weighted by Crippen LogP contribution is 2.32. The van der Waals surface area contributed by atoms with Crippen molar-refractivity contribution in [2.45, 2.75) is 26.2 Å². The molecule has 0 amide bonds. The zero-order valence-electron chi connectivity index (χ0n) is 12.9. The van der Waals surface area contributed by atoms with Crippen LogP contribution in [0.5, 0.6) is 11.5 Å². The minimum Gasteiger partial charge on any atom is -0.497 e. The monoisotopic (exact) mass is 283 g/mol. The van der Waals surface area contributed by atoms with Crippen LogP contribution in [0.15, 0.2) is 18.2 Å². The van der Waals surface area contributed by atoms with E-state index in [-0.39, 0.29) is 12.3 Å². The lowest BCUT2D eigenvalue weighted by Crippen LogP contribution is -2.34. The Kier molecular flexibility index (Phi) is 7.36. The quantitative estimate of drug-likeness (QED) is 0.705. The van der Waals surface area contributed by atoms with Crippen LogP contribution >= 0.6 is 0 Å². The fourth-order valence-electron chi connectivity index (χ4n) is 2.08. The molecule has 20 heavy (non-hydrogen) atoms. The molecule has 0 aliphatic heterocycles. The molecule has 0 aliphatic rings. The van der Waals surface area contributed by atoms with E-state index in [1.807, 2.05) is 39.1 Å². The van der Waals surface area contributed by atoms with Crippen molar-refractivity contribution in [3.63, 3.8) is 0 Å². The maximum Gasteiger partial charge on any atom is 0.176 e. The first kappa shape index (κ1) is 16.8. The third-order valence-corrected chi connectivity index (χ3v) is 3.02. The van der Waals surface area contributed by atoms with Gasteiger partial charge in [0.25, 0.3) is 0 Å². The Hall–Kier alpha value is -1.30. The Labute approximate surface area is 121 Å². The third kappa shape index (κ3) is 4.10. The maximum atomic E-state index is 5.67. The summed E-state index contributed by atoms with van der Waals surface area (Å²) in [4.78, 5) is 0. The van der Waals surface area contributed by atoms with E-state index in [0.717, 1.165) is 17.1 Å². The highest BCUT2D eigenvalue weighted by Gasteiger charge is 2.25. The molecule has 0 spiro atoms. The minimum absolute atomic E-state index is 0.115. The molecular weight excluding hydrogens is 258 g/mol. The normalized spacial score (nSPS) is 12.5. The lowest BCUT2D eigenvalue weighted by molar-refractivity contribution is -0.154. The molecular formula is C15H25NO4. The number of methoxy groups -OCH3 is 2. The van der Waals surface area contributed by atoms with Crippen LogP contribution in [0.1, 0.15) is 25.5 Å². The fraction of sp³-hybridized carbons (Fsp3) is 0.600. The molecule has 0 radical (unpaired) electrons. The SMILES string of the molecule is CCOC(OCC)C(NC)c1ccc(OC)cc1OC. The summed E-state index contributed by atoms with van der Waals surface area (Å²) in [5, 5.41) is 3.23. The zero-order chi connectivity index (χ0) is 15.0. The number of hydrogen-bond acceptors (Lipinski definition) is 5. The van der Waals surface area contributed by atoms with Crippen molar-refractivity contribution in [2.24, 2.45) is 0 Å². The number of hydrogen-bond donors (Lipinski definition) is 1. The summed E-state index contributed by atoms with van der Waals surface area (Å²) in [7, 11) is 5.15. The summed E-state index contributed by atoms with van der Waals surface area (Å²) in [5.41, 5.74) is 0.975. The van der Waals surface area contributed by atoms with Crippen LogP contribution in [-0.4, -0.2) is 40.8 Å². The maximum absolute atomic E-state index is 5.67. The predicted molar refractivity (Wildman–Crippen MR) is 78.4 cm³/mol. The summed E-state index contributed by atoms with van der Waals surface area (Å²) >= 11 is 0. The number of nitrogens with one attached hydrogen (secondary N) is 1. The van der Waals surface area contributed by atoms with Gasteiger partial charge < -0.3 is 24.3 Å². The van der Waals surface area contributed by atoms with Crippen LogP contribution in [0, 0.1) is 0 Å². The number of benzene rings is 1. The highest BCUT2D eigenvalue weighted by atomic mass is 16.7. The Bertz CT molecular complexity index is 391. The van der Waals surface area contributed by atoms with E-state index < -0.39 is 0 Å². The van der Waals surface area contributed by atoms with Crippen molar-refractivity contribution in [1.29, 1.82) is 0 Å². The molecule has 1 rings (SSSR count). The van der Waals surface area contributed by atoms with Gasteiger partial charge in [-0.3, -0.25) is 0 Å². The molecule has 1 atom stereocenters. The molecule has 0 heterocycles. The van der Waals surface area contributed by atoms with Gasteiger partial charge in [-0.1, -0.05) is 0 Å². The second-order valence-electron chi connectivity index (χ2n) is 4.15. The molecule has 1 N–H and O–H groups in total. The minimum atomic E-state index is -0.364. The van der Waals surface area contributed by atoms with Gasteiger partial charge in [-0.15, -0.1) is 0 Å². The van der Waals surface area contributed by atoms with Gasteiger partial charge in [0.05, 0.1) is 20.3 Å². The molecule has 1 aromatic rings. The second kappa shape index (κ2) is 8.79. The van der Waals surface area contributed by atoms with Crippen molar-refractivity contribution in [3.8, 4) is 11.5 Å². The van der Waals surface area contributed by atoms with Crippen LogP contribution in [-0.2, 0) is 9.47 Å². The predicted octanol–water partition coefficient (Wildman–Crippen LogP) is 2.36. The van der Waals surface area contributed by atoms with Gasteiger partial charge >= 0.3 is 0 Å². The first-order chi connectivity index (χ1) is 9.71. The van der Waals surface area contributed by atoms with Crippen molar-refractivity contribution in [3.05, 3.63) is 23.8 Å². The molecule has 0 aliphatic carbocycles. The summed E-state index contributed by atoms with van der Waals surface area (Å²) in [5.74, 6) is 1.50. The van der Waals surface area contributed by atoms with E-state index in [1.165, 1.54) is 0 Å². The van der Waals surface area contributed by atoms with Crippen LogP contribution in [0.3, 0.4) is 0 Å². The second-order valence-corrected chi connectivity index (χ2v) is 4.15. The lowest BCUT2D eigenvalue weighted by Gasteiger charge is -2.28. The number of likely N-dealkylation sites (N-methyl/N-ethyl adjacent to an activating group) is 1. The number of ether oxygens (including phenoxy) is 4. The Morgan fingerprint density at radius 1 is 1.05 bits per heavy atom. The topological polar surface area (TPSA) is 49.0 Å². The Morgan fingerprint density at radius 2 is 1.70 bits per heavy atom. The summed E-state index contributed by atoms with van der Waals surface area (Å²) in [6, 6.07) is 5.60. The first-order valence-corrected chi connectivity index (χ1v) is 6.84. The highest BCUT2D eigenvalue weighted by molar-refractivity contribution is 5.42. The van der Waals surface area contributed by atoms with Crippen LogP contribution < -0.4 is 14.8 Å². The van der Waals surface area contributed by atoms with E-state index >= 15 is 0 Å². The molecule has 1 aromatic carbocycles. The Morgan fingerprint density at radius 3 is 2.15 bits per heavy atom. The summed E-state index contributed by atoms with van der Waals surface area (Å²) in [6.45, 7) is 5.07. The molecule has 114 valence electrons. The van der Waals surface area contributed by atoms with Gasteiger partial charge in [-0.25, -0.2) is 0 Å². The smallest absolute Gasteiger partial charge is 0.176 e. The third-order valence-electron chi connectivity index (χ3n) is 3.02. The summed E-state index contributed by atoms with van der Waals surface area (Å²) < 4.78 is 22.0. The van der Waals surface area contributed by atoms with Crippen molar-refractivity contribution < 1.29 is 18.9 Å². The standard InChI is InChI=1S/C15H25NO4/c1-6-19-15(20-7-2)14(16-3)12-9-8-11(17-4)10-13(12)18-5/h8-10,14-16H,6-7H2,1-5H3. The average molecular weight is 283 g/mol. The van der Waals surface area contributed by atoms with Gasteiger partial charge in [0.1, 0.15) is 11.5 Å². The van der Waals surface area contributed by atoms with Crippen molar-refractivity contribution in [1.82, 2.24) is 5.32 Å². The molecule has 0 saturated heterocycles. The van der Waals surface area contributed by atoms with Gasteiger partial charge in [-0.2, -0.15) is 0 Å². The van der Waals surface area contributed by atoms with Gasteiger partial charge in [0.15, 0.2) is 6.29 Å². The van der Waals surface area contributed by atoms with Crippen LogP contribution in [0.2, 0.25) is 0 Å². The van der Waals surface area contributed by atoms with E-state index in [9.17, 15) is 0 Å². The molecule has 1 unspecified atom stereocenters. The summed E-state index contributed by atoms with van der Waals surface area (Å²) in [6.07, 6.45) is -0.364. The Balaban J connectivity index is 3.08. The molecule has 0 saturated carbocycles. The van der Waals surface area contributed by atoms with E-state index in [1.54, 1.807) is 14.2 Å². The van der Waals surface area contributed by atoms with E-state index in [0.29, 0.717) is 13.2 Å². The first-order valence-electron chi connectivity index (χ1n) is 6.84. The fourth-order valence-corrected chi connectivity index (χ4v) is 2.08. The van der Waals surface area contributed by atoms with Gasteiger partial charge in [0, 0.05) is 24.8 Å². The van der Waals surface area contributed by atoms with Crippen molar-refractivity contribution in [2.75, 3.05) is 34.5 Å².